The highest BCUT2D eigenvalue weighted by Gasteiger charge is 2.43. The summed E-state index contributed by atoms with van der Waals surface area (Å²) >= 11 is 0. The Balaban J connectivity index is 1.29. The Labute approximate surface area is 180 Å². The molecule has 4 nitrogen and oxygen atoms in total. The molecule has 1 heterocycles. The number of hydrogen-bond acceptors (Lipinski definition) is 2. The lowest BCUT2D eigenvalue weighted by Gasteiger charge is -2.05. The molecule has 4 aromatic rings. The lowest BCUT2D eigenvalue weighted by atomic mass is 10.1. The number of amides is 1. The number of nitrogens with one attached hydrogen (secondary N) is 1. The first-order valence-electron chi connectivity index (χ1n) is 10.4. The number of halogens is 1. The fourth-order valence-electron chi connectivity index (χ4n) is 4.10. The maximum Gasteiger partial charge on any atom is 0.243 e. The summed E-state index contributed by atoms with van der Waals surface area (Å²) in [6.07, 6.45) is 4.57. The Bertz CT molecular complexity index is 1240. The van der Waals surface area contributed by atoms with E-state index >= 15 is 0 Å². The predicted octanol–water partition coefficient (Wildman–Crippen LogP) is 5.08. The van der Waals surface area contributed by atoms with Gasteiger partial charge in [-0.15, -0.1) is 0 Å². The molecule has 5 heteroatoms. The molecule has 31 heavy (non-hydrogen) atoms. The highest BCUT2D eigenvalue weighted by molar-refractivity contribution is 5.99. The molecule has 1 saturated carbocycles. The van der Waals surface area contributed by atoms with E-state index in [1.807, 2.05) is 48.7 Å². The molecule has 1 aromatic heterocycles. The second-order valence-corrected chi connectivity index (χ2v) is 7.95. The lowest BCUT2D eigenvalue weighted by molar-refractivity contribution is -0.122. The van der Waals surface area contributed by atoms with Crippen molar-refractivity contribution in [1.29, 1.82) is 0 Å². The normalized spacial score (nSPS) is 17.8. The van der Waals surface area contributed by atoms with Crippen molar-refractivity contribution < 1.29 is 9.18 Å². The van der Waals surface area contributed by atoms with Crippen LogP contribution in [0.15, 0.2) is 90.2 Å². The number of aromatic nitrogens is 1. The average Bonchev–Trinajstić information content (AvgIpc) is 3.54. The van der Waals surface area contributed by atoms with Crippen LogP contribution in [0.2, 0.25) is 0 Å². The summed E-state index contributed by atoms with van der Waals surface area (Å²) in [5, 5.41) is 5.28. The summed E-state index contributed by atoms with van der Waals surface area (Å²) in [4.78, 5) is 12.5. The van der Waals surface area contributed by atoms with E-state index in [0.29, 0.717) is 6.54 Å². The van der Waals surface area contributed by atoms with Crippen LogP contribution in [0.1, 0.15) is 29.0 Å². The number of nitrogens with zero attached hydrogens (tertiary/aromatic N) is 2. The fraction of sp³-hybridized carbons (Fsp3) is 0.154. The molecule has 0 spiro atoms. The number of carbonyl (C=O) groups is 1. The van der Waals surface area contributed by atoms with E-state index in [1.165, 1.54) is 17.7 Å². The smallest absolute Gasteiger partial charge is 0.243 e. The van der Waals surface area contributed by atoms with E-state index in [4.69, 9.17) is 0 Å². The van der Waals surface area contributed by atoms with Crippen LogP contribution >= 0.6 is 0 Å². The highest BCUT2D eigenvalue weighted by Crippen LogP contribution is 2.47. The first-order chi connectivity index (χ1) is 15.2. The van der Waals surface area contributed by atoms with E-state index in [0.717, 1.165) is 28.5 Å². The van der Waals surface area contributed by atoms with Gasteiger partial charge in [-0.2, -0.15) is 5.10 Å². The van der Waals surface area contributed by atoms with Crippen molar-refractivity contribution >= 4 is 23.0 Å². The Kier molecular flexibility index (Phi) is 5.08. The molecule has 1 fully saturated rings. The molecule has 1 N–H and O–H groups in total. The van der Waals surface area contributed by atoms with Crippen molar-refractivity contribution in [3.05, 3.63) is 108 Å². The highest BCUT2D eigenvalue weighted by atomic mass is 19.1. The van der Waals surface area contributed by atoms with Gasteiger partial charge >= 0.3 is 0 Å². The van der Waals surface area contributed by atoms with Gasteiger partial charge in [0, 0.05) is 35.1 Å². The molecule has 0 aliphatic heterocycles. The van der Waals surface area contributed by atoms with Gasteiger partial charge in [0.15, 0.2) is 0 Å². The van der Waals surface area contributed by atoms with Gasteiger partial charge in [-0.1, -0.05) is 60.7 Å². The maximum atomic E-state index is 13.2. The lowest BCUT2D eigenvalue weighted by Crippen LogP contribution is -2.20. The van der Waals surface area contributed by atoms with Gasteiger partial charge in [0.1, 0.15) is 5.82 Å². The van der Waals surface area contributed by atoms with E-state index in [9.17, 15) is 9.18 Å². The van der Waals surface area contributed by atoms with Gasteiger partial charge in [-0.05, 0) is 41.7 Å². The standard InChI is InChI=1S/C26H22FN3O/c27-21-12-10-18(11-13-21)16-30-17-20(22-8-4-5-9-25(22)30)15-28-29-26(31)24-14-23(24)19-6-2-1-3-7-19/h1-13,15,17,23-24H,14,16H2,(H,29,31)/b28-15+/t23-,24+/m1/s1. The maximum absolute atomic E-state index is 13.2. The van der Waals surface area contributed by atoms with E-state index in [-0.39, 0.29) is 23.6 Å². The van der Waals surface area contributed by atoms with Crippen molar-refractivity contribution in [2.24, 2.45) is 11.0 Å². The molecule has 2 atom stereocenters. The summed E-state index contributed by atoms with van der Waals surface area (Å²) in [5.74, 6) is -0.0108. The zero-order valence-electron chi connectivity index (χ0n) is 16.9. The van der Waals surface area contributed by atoms with Gasteiger partial charge in [-0.25, -0.2) is 9.82 Å². The Morgan fingerprint density at radius 2 is 1.77 bits per heavy atom. The number of fused-ring (bicyclic) bond motifs is 1. The largest absolute Gasteiger partial charge is 0.342 e. The summed E-state index contributed by atoms with van der Waals surface area (Å²) in [6.45, 7) is 0.627. The third kappa shape index (κ3) is 4.12. The topological polar surface area (TPSA) is 46.4 Å². The summed E-state index contributed by atoms with van der Waals surface area (Å²) in [7, 11) is 0. The molecular weight excluding hydrogens is 389 g/mol. The number of para-hydroxylation sites is 1. The molecular formula is C26H22FN3O. The number of carbonyl (C=O) groups excluding carboxylic acids is 1. The third-order valence-electron chi connectivity index (χ3n) is 5.82. The van der Waals surface area contributed by atoms with Crippen LogP contribution in [0.25, 0.3) is 10.9 Å². The summed E-state index contributed by atoms with van der Waals surface area (Å²) in [5.41, 5.74) is 6.91. The fourth-order valence-corrected chi connectivity index (χ4v) is 4.10. The van der Waals surface area contributed by atoms with Gasteiger partial charge in [0.05, 0.1) is 6.21 Å². The van der Waals surface area contributed by atoms with Gasteiger partial charge in [0.2, 0.25) is 5.91 Å². The number of hydrazone groups is 1. The van der Waals surface area contributed by atoms with Crippen molar-refractivity contribution in [3.8, 4) is 0 Å². The van der Waals surface area contributed by atoms with Gasteiger partial charge in [0.25, 0.3) is 0 Å². The first kappa shape index (κ1) is 19.2. The van der Waals surface area contributed by atoms with Crippen LogP contribution in [0.3, 0.4) is 0 Å². The number of hydrogen-bond donors (Lipinski definition) is 1. The van der Waals surface area contributed by atoms with Gasteiger partial charge < -0.3 is 4.57 Å². The van der Waals surface area contributed by atoms with Crippen molar-refractivity contribution in [1.82, 2.24) is 9.99 Å². The number of benzene rings is 3. The van der Waals surface area contributed by atoms with Crippen molar-refractivity contribution in [2.75, 3.05) is 0 Å². The van der Waals surface area contributed by atoms with Crippen LogP contribution < -0.4 is 5.43 Å². The minimum Gasteiger partial charge on any atom is -0.342 e. The Morgan fingerprint density at radius 3 is 2.58 bits per heavy atom. The van der Waals surface area contributed by atoms with Gasteiger partial charge in [-0.3, -0.25) is 4.79 Å². The quantitative estimate of drug-likeness (QED) is 0.349. The second-order valence-electron chi connectivity index (χ2n) is 7.95. The molecule has 0 radical (unpaired) electrons. The molecule has 1 aliphatic rings. The van der Waals surface area contributed by atoms with E-state index in [2.05, 4.69) is 27.2 Å². The van der Waals surface area contributed by atoms with E-state index < -0.39 is 0 Å². The average molecular weight is 411 g/mol. The van der Waals surface area contributed by atoms with Crippen LogP contribution in [0, 0.1) is 11.7 Å². The van der Waals surface area contributed by atoms with Crippen molar-refractivity contribution in [2.45, 2.75) is 18.9 Å². The molecule has 3 aromatic carbocycles. The minimum atomic E-state index is -0.241. The minimum absolute atomic E-state index is 0.0145. The molecule has 0 unspecified atom stereocenters. The summed E-state index contributed by atoms with van der Waals surface area (Å²) < 4.78 is 15.3. The van der Waals surface area contributed by atoms with Crippen LogP contribution in [-0.2, 0) is 11.3 Å². The number of rotatable bonds is 6. The molecule has 5 rings (SSSR count). The SMILES string of the molecule is O=C(N/N=C/c1cn(Cc2ccc(F)cc2)c2ccccc12)[C@H]1C[C@@H]1c1ccccc1. The third-order valence-corrected chi connectivity index (χ3v) is 5.82. The van der Waals surface area contributed by atoms with Crippen LogP contribution in [0.5, 0.6) is 0 Å². The first-order valence-corrected chi connectivity index (χ1v) is 10.4. The monoisotopic (exact) mass is 411 g/mol. The molecule has 0 bridgehead atoms. The Morgan fingerprint density at radius 1 is 1.03 bits per heavy atom. The second kappa shape index (κ2) is 8.19. The van der Waals surface area contributed by atoms with Crippen molar-refractivity contribution in [3.63, 3.8) is 0 Å². The van der Waals surface area contributed by atoms with E-state index in [1.54, 1.807) is 18.3 Å². The molecule has 0 saturated heterocycles. The zero-order chi connectivity index (χ0) is 21.2. The van der Waals surface area contributed by atoms with Crippen LogP contribution in [-0.4, -0.2) is 16.7 Å². The zero-order valence-corrected chi connectivity index (χ0v) is 16.9. The summed E-state index contributed by atoms with van der Waals surface area (Å²) in [6, 6.07) is 24.7. The predicted molar refractivity (Wildman–Crippen MR) is 120 cm³/mol. The Hall–Kier alpha value is -3.73. The van der Waals surface area contributed by atoms with Crippen LogP contribution in [0.4, 0.5) is 4.39 Å². The molecule has 1 amide bonds. The molecule has 154 valence electrons. The molecule has 1 aliphatic carbocycles.